The van der Waals surface area contributed by atoms with Gasteiger partial charge in [0.1, 0.15) is 10.0 Å². The Morgan fingerprint density at radius 3 is 0.920 bits per heavy atom. The molecule has 2 aliphatic rings. The van der Waals surface area contributed by atoms with E-state index in [1.54, 1.807) is 45.3 Å². The average Bonchev–Trinajstić information content (AvgIpc) is 1.79. The quantitative estimate of drug-likeness (QED) is 0.0357. The van der Waals surface area contributed by atoms with Crippen molar-refractivity contribution in [3.63, 3.8) is 0 Å². The van der Waals surface area contributed by atoms with Gasteiger partial charge in [0.05, 0.1) is 60.3 Å². The summed E-state index contributed by atoms with van der Waals surface area (Å²) in [6, 6.07) is 21.6. The molecule has 8 rings (SSSR count). The number of aromatic nitrogens is 2. The van der Waals surface area contributed by atoms with E-state index < -0.39 is 0 Å². The highest BCUT2D eigenvalue weighted by Crippen LogP contribution is 2.50. The predicted octanol–water partition coefficient (Wildman–Crippen LogP) is 26.6. The van der Waals surface area contributed by atoms with Gasteiger partial charge in [0.2, 0.25) is 0 Å². The first-order valence-electron chi connectivity index (χ1n) is 35.7. The lowest BCUT2D eigenvalue weighted by atomic mass is 9.92. The molecule has 0 fully saturated rings. The molecule has 2 aliphatic heterocycles. The van der Waals surface area contributed by atoms with Crippen molar-refractivity contribution in [3.8, 4) is 19.8 Å². The monoisotopic (exact) mass is 1390 g/mol. The first kappa shape index (κ1) is 70.9. The summed E-state index contributed by atoms with van der Waals surface area (Å²) in [5, 5.41) is 1.98. The number of carbonyl (C=O) groups is 2. The molecule has 2 unspecified atom stereocenters. The Morgan fingerprint density at radius 2 is 0.648 bits per heavy atom. The highest BCUT2D eigenvalue weighted by atomic mass is 79.9. The van der Waals surface area contributed by atoms with E-state index in [4.69, 9.17) is 9.97 Å². The van der Waals surface area contributed by atoms with Gasteiger partial charge in [0.15, 0.2) is 0 Å². The Labute approximate surface area is 565 Å². The molecule has 0 radical (unpaired) electrons. The van der Waals surface area contributed by atoms with Crippen LogP contribution in [0.3, 0.4) is 0 Å². The van der Waals surface area contributed by atoms with Crippen molar-refractivity contribution in [2.45, 2.75) is 285 Å². The van der Waals surface area contributed by atoms with Crippen LogP contribution in [0.5, 0.6) is 0 Å². The molecular formula is C76H108Br2N4O2S4. The van der Waals surface area contributed by atoms with Crippen molar-refractivity contribution in [1.29, 1.82) is 0 Å². The summed E-state index contributed by atoms with van der Waals surface area (Å²) in [7, 11) is 0. The average molecular weight is 1400 g/mol. The minimum atomic E-state index is -0.00350. The molecule has 6 nitrogen and oxygen atoms in total. The van der Waals surface area contributed by atoms with Crippen molar-refractivity contribution >= 4 is 121 Å². The second kappa shape index (κ2) is 39.5. The second-order valence-corrected chi connectivity index (χ2v) is 33.1. The van der Waals surface area contributed by atoms with Crippen molar-refractivity contribution in [3.05, 3.63) is 90.5 Å². The van der Waals surface area contributed by atoms with Crippen molar-refractivity contribution in [1.82, 2.24) is 19.8 Å². The maximum absolute atomic E-state index is 16.4. The van der Waals surface area contributed by atoms with Gasteiger partial charge in [-0.2, -0.15) is 0 Å². The van der Waals surface area contributed by atoms with E-state index >= 15 is 9.59 Å². The van der Waals surface area contributed by atoms with E-state index in [1.807, 2.05) is 0 Å². The number of thiazole rings is 2. The maximum atomic E-state index is 16.4. The number of rotatable bonds is 48. The van der Waals surface area contributed by atoms with Crippen molar-refractivity contribution in [2.24, 2.45) is 11.8 Å². The molecule has 0 bridgehead atoms. The summed E-state index contributed by atoms with van der Waals surface area (Å²) in [5.41, 5.74) is 6.61. The first-order chi connectivity index (χ1) is 43.2. The molecule has 0 saturated carbocycles. The fourth-order valence-corrected chi connectivity index (χ4v) is 18.6. The van der Waals surface area contributed by atoms with Gasteiger partial charge in [-0.05, 0) is 118 Å². The maximum Gasteiger partial charge on any atom is 0.261 e. The Hall–Kier alpha value is -3.00. The first-order valence-corrected chi connectivity index (χ1v) is 40.5. The van der Waals surface area contributed by atoms with Gasteiger partial charge in [-0.3, -0.25) is 9.59 Å². The standard InChI is InChI=1S/C76H108Br2N4O2S4/c1-5-9-13-17-21-25-27-31-35-39-43-57(41-37-33-29-23-19-15-11-7-3)55-81-71(59-45-47-61-65(53-59)87-73(79-61)63-49-51-67(77)85-63)69-70(75(81)83)72(60-46-48-62-66(54-60)88-74(80-62)64-50-52-68(78)86-64)82(76(69)84)56-58(42-38-34-30-24-20-16-12-8-4)44-40-36-32-28-26-22-18-14-10-6-2/h45-54,57-58H,5-44,55-56H2,1-4H3. The van der Waals surface area contributed by atoms with E-state index in [0.29, 0.717) is 36.1 Å². The van der Waals surface area contributed by atoms with Crippen LogP contribution in [-0.2, 0) is 9.59 Å². The minimum Gasteiger partial charge on any atom is -0.307 e. The fraction of sp³-hybridized carbons (Fsp3) is 0.632. The SMILES string of the molecule is CCCCCCCCCCCCC(CCCCCCCCCC)CN1C(=O)C2=C(c3ccc4nc(-c5ccc(Br)s5)sc4c3)N(CC(CCCCCCCCCC)CCCCCCCCCCCC)C(=O)C2=C1c1ccc2nc(-c3ccc(Br)s3)sc2c1. The molecule has 0 N–H and O–H groups in total. The lowest BCUT2D eigenvalue weighted by Gasteiger charge is -2.30. The second-order valence-electron chi connectivity index (χ2n) is 26.1. The van der Waals surface area contributed by atoms with Gasteiger partial charge >= 0.3 is 0 Å². The number of nitrogens with zero attached hydrogens (tertiary/aromatic N) is 4. The minimum absolute atomic E-state index is 0.00350. The zero-order valence-electron chi connectivity index (χ0n) is 54.6. The van der Waals surface area contributed by atoms with Crippen LogP contribution in [0.15, 0.2) is 79.4 Å². The molecule has 482 valence electrons. The van der Waals surface area contributed by atoms with Crippen LogP contribution in [0.2, 0.25) is 0 Å². The predicted molar refractivity (Wildman–Crippen MR) is 393 cm³/mol. The van der Waals surface area contributed by atoms with Gasteiger partial charge < -0.3 is 9.80 Å². The highest BCUT2D eigenvalue weighted by molar-refractivity contribution is 9.11. The highest BCUT2D eigenvalue weighted by Gasteiger charge is 2.49. The molecule has 88 heavy (non-hydrogen) atoms. The normalized spacial score (nSPS) is 14.4. The molecule has 2 atom stereocenters. The number of benzene rings is 2. The molecule has 2 amide bonds. The van der Waals surface area contributed by atoms with Crippen LogP contribution in [0.1, 0.15) is 296 Å². The van der Waals surface area contributed by atoms with Gasteiger partial charge in [0, 0.05) is 24.2 Å². The largest absolute Gasteiger partial charge is 0.307 e. The summed E-state index contributed by atoms with van der Waals surface area (Å²) >= 11 is 14.2. The van der Waals surface area contributed by atoms with E-state index in [9.17, 15) is 0 Å². The van der Waals surface area contributed by atoms with E-state index in [1.165, 1.54) is 231 Å². The molecule has 2 aromatic carbocycles. The molecule has 0 saturated heterocycles. The van der Waals surface area contributed by atoms with Gasteiger partial charge in [0.25, 0.3) is 11.8 Å². The molecule has 0 spiro atoms. The van der Waals surface area contributed by atoms with Gasteiger partial charge in [-0.25, -0.2) is 9.97 Å². The number of thiophene rings is 2. The van der Waals surface area contributed by atoms with Crippen LogP contribution in [0.4, 0.5) is 0 Å². The summed E-state index contributed by atoms with van der Waals surface area (Å²) in [4.78, 5) is 49.5. The van der Waals surface area contributed by atoms with Crippen LogP contribution in [0.25, 0.3) is 51.6 Å². The summed E-state index contributed by atoms with van der Waals surface area (Å²) < 4.78 is 4.32. The molecule has 6 heterocycles. The summed E-state index contributed by atoms with van der Waals surface area (Å²) in [5.74, 6) is 0.660. The number of fused-ring (bicyclic) bond motifs is 3. The van der Waals surface area contributed by atoms with Gasteiger partial charge in [-0.15, -0.1) is 45.3 Å². The number of carbonyl (C=O) groups excluding carboxylic acids is 2. The third-order valence-corrected chi connectivity index (χ3v) is 24.4. The molecule has 6 aromatic rings. The number of amides is 2. The smallest absolute Gasteiger partial charge is 0.261 e. The summed E-state index contributed by atoms with van der Waals surface area (Å²) in [6.45, 7) is 10.4. The Kier molecular flexibility index (Phi) is 31.8. The Morgan fingerprint density at radius 1 is 0.364 bits per heavy atom. The molecule has 0 aliphatic carbocycles. The van der Waals surface area contributed by atoms with Crippen molar-refractivity contribution < 1.29 is 9.59 Å². The third kappa shape index (κ3) is 21.5. The number of halogens is 2. The van der Waals surface area contributed by atoms with Crippen LogP contribution < -0.4 is 0 Å². The lowest BCUT2D eigenvalue weighted by molar-refractivity contribution is -0.124. The van der Waals surface area contributed by atoms with E-state index in [0.717, 1.165) is 96.0 Å². The number of hydrogen-bond acceptors (Lipinski definition) is 8. The Bertz CT molecular complexity index is 2890. The summed E-state index contributed by atoms with van der Waals surface area (Å²) in [6.07, 6.45) is 51.2. The number of unbranched alkanes of at least 4 members (excludes halogenated alkanes) is 32. The van der Waals surface area contributed by atoms with Crippen LogP contribution >= 0.6 is 77.2 Å². The molecular weight excluding hydrogens is 1290 g/mol. The molecule has 4 aromatic heterocycles. The third-order valence-electron chi connectivity index (χ3n) is 18.8. The van der Waals surface area contributed by atoms with Crippen molar-refractivity contribution in [2.75, 3.05) is 13.1 Å². The zero-order chi connectivity index (χ0) is 61.7. The Balaban J connectivity index is 1.15. The van der Waals surface area contributed by atoms with E-state index in [-0.39, 0.29) is 11.8 Å². The molecule has 12 heteroatoms. The van der Waals surface area contributed by atoms with Crippen LogP contribution in [0, 0.1) is 11.8 Å². The lowest BCUT2D eigenvalue weighted by Crippen LogP contribution is -2.35. The van der Waals surface area contributed by atoms with Crippen LogP contribution in [-0.4, -0.2) is 44.7 Å². The topological polar surface area (TPSA) is 66.4 Å². The zero-order valence-corrected chi connectivity index (χ0v) is 61.1. The van der Waals surface area contributed by atoms with Gasteiger partial charge in [-0.1, -0.05) is 271 Å². The number of hydrogen-bond donors (Lipinski definition) is 0. The van der Waals surface area contributed by atoms with E-state index in [2.05, 4.69) is 130 Å². The fourth-order valence-electron chi connectivity index (χ4n) is 13.7.